The molecule has 2 atom stereocenters. The summed E-state index contributed by atoms with van der Waals surface area (Å²) in [4.78, 5) is 20.2. The van der Waals surface area contributed by atoms with E-state index >= 15 is 0 Å². The zero-order valence-corrected chi connectivity index (χ0v) is 14.1. The van der Waals surface area contributed by atoms with Crippen molar-refractivity contribution in [2.24, 2.45) is 0 Å². The lowest BCUT2D eigenvalue weighted by Gasteiger charge is -2.17. The Hall–Kier alpha value is -3.72. The molecule has 1 saturated heterocycles. The van der Waals surface area contributed by atoms with E-state index in [9.17, 15) is 9.18 Å². The van der Waals surface area contributed by atoms with E-state index in [1.807, 2.05) is 24.3 Å². The van der Waals surface area contributed by atoms with Crippen molar-refractivity contribution in [2.75, 3.05) is 0 Å². The molecule has 0 unspecified atom stereocenters. The van der Waals surface area contributed by atoms with Crippen LogP contribution in [0.4, 0.5) is 9.18 Å². The number of ether oxygens (including phenoxy) is 1. The van der Waals surface area contributed by atoms with Gasteiger partial charge in [0.25, 0.3) is 0 Å². The fourth-order valence-corrected chi connectivity index (χ4v) is 2.89. The van der Waals surface area contributed by atoms with Crippen molar-refractivity contribution >= 4 is 6.09 Å². The van der Waals surface area contributed by atoms with Crippen LogP contribution < -0.4 is 5.32 Å². The molecule has 1 fully saturated rings. The summed E-state index contributed by atoms with van der Waals surface area (Å²) in [5.74, 6) is 5.59. The Morgan fingerprint density at radius 1 is 1.04 bits per heavy atom. The number of hydrogen-bond acceptors (Lipinski definition) is 4. The number of nitrogens with one attached hydrogen (secondary N) is 1. The number of carbonyl (C=O) groups is 1. The molecule has 6 heteroatoms. The molecule has 1 amide bonds. The van der Waals surface area contributed by atoms with Crippen LogP contribution in [0.5, 0.6) is 0 Å². The topological polar surface area (TPSA) is 64.1 Å². The summed E-state index contributed by atoms with van der Waals surface area (Å²) >= 11 is 0. The molecule has 1 aromatic carbocycles. The SMILES string of the molecule is O=C1N[C@H](c2cncc(C#Cc3ccccn3)c2)[C@@H](c2cccc(F)c2)O1. The van der Waals surface area contributed by atoms with Crippen molar-refractivity contribution in [3.63, 3.8) is 0 Å². The molecular weight excluding hydrogens is 345 g/mol. The number of cyclic esters (lactones) is 1. The maximum absolute atomic E-state index is 13.6. The molecule has 3 aromatic rings. The largest absolute Gasteiger partial charge is 0.439 e. The Morgan fingerprint density at radius 2 is 1.96 bits per heavy atom. The zero-order chi connectivity index (χ0) is 18.6. The number of alkyl carbamates (subject to hydrolysis) is 1. The molecule has 27 heavy (non-hydrogen) atoms. The molecule has 0 spiro atoms. The third-order valence-electron chi connectivity index (χ3n) is 4.11. The zero-order valence-electron chi connectivity index (χ0n) is 14.1. The van der Waals surface area contributed by atoms with Crippen molar-refractivity contribution in [2.45, 2.75) is 12.1 Å². The van der Waals surface area contributed by atoms with Gasteiger partial charge in [0.15, 0.2) is 6.10 Å². The Balaban J connectivity index is 1.64. The van der Waals surface area contributed by atoms with Crippen LogP contribution in [0.3, 0.4) is 0 Å². The summed E-state index contributed by atoms with van der Waals surface area (Å²) in [5.41, 5.74) is 2.63. The van der Waals surface area contributed by atoms with Crippen molar-refractivity contribution in [1.29, 1.82) is 0 Å². The van der Waals surface area contributed by atoms with Crippen LogP contribution >= 0.6 is 0 Å². The Kier molecular flexibility index (Phi) is 4.50. The highest BCUT2D eigenvalue weighted by Gasteiger charge is 2.36. The van der Waals surface area contributed by atoms with Crippen LogP contribution in [0.2, 0.25) is 0 Å². The molecule has 0 radical (unpaired) electrons. The molecule has 0 bridgehead atoms. The van der Waals surface area contributed by atoms with Crippen molar-refractivity contribution in [3.8, 4) is 11.8 Å². The fraction of sp³-hybridized carbons (Fsp3) is 0.0952. The van der Waals surface area contributed by atoms with Gasteiger partial charge in [-0.15, -0.1) is 0 Å². The van der Waals surface area contributed by atoms with E-state index in [0.717, 1.165) is 5.56 Å². The minimum Gasteiger partial charge on any atom is -0.439 e. The number of pyridine rings is 2. The maximum Gasteiger partial charge on any atom is 0.408 e. The lowest BCUT2D eigenvalue weighted by atomic mass is 9.97. The van der Waals surface area contributed by atoms with E-state index in [4.69, 9.17) is 4.74 Å². The molecule has 0 saturated carbocycles. The monoisotopic (exact) mass is 359 g/mol. The van der Waals surface area contributed by atoms with E-state index < -0.39 is 18.2 Å². The average molecular weight is 359 g/mol. The number of amides is 1. The second kappa shape index (κ2) is 7.26. The predicted octanol–water partition coefficient (Wildman–Crippen LogP) is 3.54. The molecule has 1 aliphatic rings. The van der Waals surface area contributed by atoms with Gasteiger partial charge >= 0.3 is 6.09 Å². The summed E-state index contributed by atoms with van der Waals surface area (Å²) in [7, 11) is 0. The van der Waals surface area contributed by atoms with Crippen LogP contribution in [-0.2, 0) is 4.74 Å². The number of halogens is 1. The molecular formula is C21H14FN3O2. The molecule has 132 valence electrons. The molecule has 1 N–H and O–H groups in total. The first-order chi connectivity index (χ1) is 13.2. The summed E-state index contributed by atoms with van der Waals surface area (Å²) in [6.45, 7) is 0. The van der Waals surface area contributed by atoms with Gasteiger partial charge in [0.05, 0.1) is 0 Å². The Labute approximate surface area is 155 Å². The molecule has 0 aliphatic carbocycles. The normalized spacial score (nSPS) is 18.2. The van der Waals surface area contributed by atoms with Crippen LogP contribution in [0.15, 0.2) is 67.1 Å². The smallest absolute Gasteiger partial charge is 0.408 e. The predicted molar refractivity (Wildman–Crippen MR) is 96.0 cm³/mol. The third kappa shape index (κ3) is 3.77. The summed E-state index contributed by atoms with van der Waals surface area (Å²) in [6, 6.07) is 12.9. The van der Waals surface area contributed by atoms with Gasteiger partial charge in [0, 0.05) is 24.2 Å². The minimum atomic E-state index is -0.644. The molecule has 4 rings (SSSR count). The van der Waals surface area contributed by atoms with Gasteiger partial charge < -0.3 is 10.1 Å². The molecule has 3 heterocycles. The second-order valence-corrected chi connectivity index (χ2v) is 5.97. The van der Waals surface area contributed by atoms with Gasteiger partial charge in [-0.1, -0.05) is 24.1 Å². The van der Waals surface area contributed by atoms with E-state index in [1.54, 1.807) is 30.7 Å². The Bertz CT molecular complexity index is 1040. The third-order valence-corrected chi connectivity index (χ3v) is 4.11. The van der Waals surface area contributed by atoms with E-state index in [1.165, 1.54) is 12.1 Å². The first-order valence-electron chi connectivity index (χ1n) is 8.30. The average Bonchev–Trinajstić information content (AvgIpc) is 3.09. The number of aromatic nitrogens is 2. The van der Waals surface area contributed by atoms with Gasteiger partial charge in [-0.2, -0.15) is 0 Å². The summed E-state index contributed by atoms with van der Waals surface area (Å²) in [5, 5.41) is 2.76. The first-order valence-corrected chi connectivity index (χ1v) is 8.30. The highest BCUT2D eigenvalue weighted by Crippen LogP contribution is 2.36. The number of nitrogens with zero attached hydrogens (tertiary/aromatic N) is 2. The van der Waals surface area contributed by atoms with Crippen LogP contribution in [0, 0.1) is 17.7 Å². The van der Waals surface area contributed by atoms with E-state index in [-0.39, 0.29) is 5.82 Å². The summed E-state index contributed by atoms with van der Waals surface area (Å²) in [6.07, 6.45) is 3.74. The standard InChI is InChI=1S/C21H14FN3O2/c22-17-5-3-4-15(11-17)20-19(25-21(26)27-20)16-10-14(12-23-13-16)7-8-18-6-1-2-9-24-18/h1-6,9-13,19-20H,(H,25,26)/t19-,20-/m1/s1. The van der Waals surface area contributed by atoms with Gasteiger partial charge in [0.2, 0.25) is 0 Å². The van der Waals surface area contributed by atoms with Gasteiger partial charge in [-0.25, -0.2) is 14.2 Å². The minimum absolute atomic E-state index is 0.387. The van der Waals surface area contributed by atoms with E-state index in [2.05, 4.69) is 27.1 Å². The molecule has 5 nitrogen and oxygen atoms in total. The van der Waals surface area contributed by atoms with Crippen LogP contribution in [-0.4, -0.2) is 16.1 Å². The summed E-state index contributed by atoms with van der Waals surface area (Å²) < 4.78 is 18.9. The maximum atomic E-state index is 13.6. The number of rotatable bonds is 2. The number of carbonyl (C=O) groups excluding carboxylic acids is 1. The van der Waals surface area contributed by atoms with Crippen molar-refractivity contribution in [1.82, 2.24) is 15.3 Å². The van der Waals surface area contributed by atoms with Crippen molar-refractivity contribution < 1.29 is 13.9 Å². The molecule has 2 aromatic heterocycles. The van der Waals surface area contributed by atoms with E-state index in [0.29, 0.717) is 16.8 Å². The van der Waals surface area contributed by atoms with Gasteiger partial charge in [0.1, 0.15) is 17.6 Å². The van der Waals surface area contributed by atoms with Crippen LogP contribution in [0.1, 0.15) is 34.5 Å². The number of hydrogen-bond donors (Lipinski definition) is 1. The lowest BCUT2D eigenvalue weighted by Crippen LogP contribution is -2.19. The quantitative estimate of drug-likeness (QED) is 0.711. The van der Waals surface area contributed by atoms with Gasteiger partial charge in [-0.05, 0) is 47.4 Å². The highest BCUT2D eigenvalue weighted by molar-refractivity contribution is 5.71. The number of benzene rings is 1. The second-order valence-electron chi connectivity index (χ2n) is 5.97. The Morgan fingerprint density at radius 3 is 2.78 bits per heavy atom. The fourth-order valence-electron chi connectivity index (χ4n) is 2.89. The lowest BCUT2D eigenvalue weighted by molar-refractivity contribution is 0.132. The first kappa shape index (κ1) is 16.7. The molecule has 1 aliphatic heterocycles. The van der Waals surface area contributed by atoms with Gasteiger partial charge in [-0.3, -0.25) is 4.98 Å². The van der Waals surface area contributed by atoms with Crippen LogP contribution in [0.25, 0.3) is 0 Å². The highest BCUT2D eigenvalue weighted by atomic mass is 19.1. The van der Waals surface area contributed by atoms with Crippen molar-refractivity contribution in [3.05, 3.63) is 95.3 Å².